The fourth-order valence-electron chi connectivity index (χ4n) is 2.14. The molecule has 7 heteroatoms. The van der Waals surface area contributed by atoms with Crippen LogP contribution in [-0.4, -0.2) is 21.3 Å². The van der Waals surface area contributed by atoms with E-state index < -0.39 is 0 Å². The maximum absolute atomic E-state index is 13.7. The third-order valence-electron chi connectivity index (χ3n) is 3.18. The lowest BCUT2D eigenvalue weighted by molar-refractivity contribution is 0.242. The fourth-order valence-corrected chi connectivity index (χ4v) is 2.14. The van der Waals surface area contributed by atoms with Gasteiger partial charge in [-0.1, -0.05) is 12.1 Å². The molecule has 25 heavy (non-hydrogen) atoms. The van der Waals surface area contributed by atoms with E-state index in [1.807, 2.05) is 38.1 Å². The van der Waals surface area contributed by atoms with Crippen LogP contribution in [0.25, 0.3) is 0 Å². The van der Waals surface area contributed by atoms with Crippen molar-refractivity contribution >= 4 is 23.1 Å². The largest absolute Gasteiger partial charge is 0.491 e. The molecule has 3 aromatic rings. The number of hydrogen-bond acceptors (Lipinski definition) is 6. The number of hydrogen-bond donors (Lipinski definition) is 2. The summed E-state index contributed by atoms with van der Waals surface area (Å²) < 4.78 is 19.3. The number of anilines is 4. The first-order valence-corrected chi connectivity index (χ1v) is 7.85. The van der Waals surface area contributed by atoms with E-state index in [0.717, 1.165) is 11.4 Å². The van der Waals surface area contributed by atoms with E-state index in [1.165, 1.54) is 12.3 Å². The molecule has 6 nitrogen and oxygen atoms in total. The van der Waals surface area contributed by atoms with Gasteiger partial charge in [0.25, 0.3) is 0 Å². The predicted octanol–water partition coefficient (Wildman–Crippen LogP) is 4.29. The van der Waals surface area contributed by atoms with Gasteiger partial charge in [-0.3, -0.25) is 0 Å². The molecule has 0 saturated heterocycles. The van der Waals surface area contributed by atoms with Crippen molar-refractivity contribution in [1.29, 1.82) is 0 Å². The second-order valence-electron chi connectivity index (χ2n) is 5.59. The van der Waals surface area contributed by atoms with Crippen LogP contribution >= 0.6 is 0 Å². The lowest BCUT2D eigenvalue weighted by Gasteiger charge is -2.11. The lowest BCUT2D eigenvalue weighted by atomic mass is 10.3. The van der Waals surface area contributed by atoms with Gasteiger partial charge in [-0.25, -0.2) is 4.39 Å². The Morgan fingerprint density at radius 1 is 1.00 bits per heavy atom. The Hall–Kier alpha value is -3.22. The third kappa shape index (κ3) is 4.63. The van der Waals surface area contributed by atoms with E-state index in [1.54, 1.807) is 18.2 Å². The molecule has 0 aliphatic heterocycles. The third-order valence-corrected chi connectivity index (χ3v) is 3.18. The molecule has 128 valence electrons. The molecule has 0 fully saturated rings. The highest BCUT2D eigenvalue weighted by Crippen LogP contribution is 2.21. The number of aromatic nitrogens is 3. The van der Waals surface area contributed by atoms with Gasteiger partial charge in [0.1, 0.15) is 11.6 Å². The van der Waals surface area contributed by atoms with E-state index in [0.29, 0.717) is 17.5 Å². The summed E-state index contributed by atoms with van der Waals surface area (Å²) in [7, 11) is 0. The minimum absolute atomic E-state index is 0.118. The van der Waals surface area contributed by atoms with Gasteiger partial charge in [0.2, 0.25) is 5.95 Å². The lowest BCUT2D eigenvalue weighted by Crippen LogP contribution is -2.05. The molecule has 1 aromatic heterocycles. The zero-order valence-corrected chi connectivity index (χ0v) is 13.9. The Bertz CT molecular complexity index is 839. The summed E-state index contributed by atoms with van der Waals surface area (Å²) in [6.07, 6.45) is 1.55. The summed E-state index contributed by atoms with van der Waals surface area (Å²) in [5.74, 6) is 1.12. The average molecular weight is 339 g/mol. The summed E-state index contributed by atoms with van der Waals surface area (Å²) in [5.41, 5.74) is 1.12. The molecule has 0 atom stereocenters. The van der Waals surface area contributed by atoms with Crippen LogP contribution in [0.1, 0.15) is 13.8 Å². The highest BCUT2D eigenvalue weighted by molar-refractivity contribution is 5.59. The zero-order chi connectivity index (χ0) is 17.6. The van der Waals surface area contributed by atoms with Crippen molar-refractivity contribution in [3.63, 3.8) is 0 Å². The molecule has 0 aliphatic carbocycles. The van der Waals surface area contributed by atoms with Crippen molar-refractivity contribution in [3.8, 4) is 5.75 Å². The Labute approximate surface area is 145 Å². The SMILES string of the molecule is CC(C)Oc1ccc(Nc2nncc(Nc3ccccc3F)n2)cc1. The van der Waals surface area contributed by atoms with Crippen LogP contribution in [0.15, 0.2) is 54.7 Å². The number of ether oxygens (including phenoxy) is 1. The number of halogens is 1. The molecule has 0 unspecified atom stereocenters. The summed E-state index contributed by atoms with van der Waals surface area (Å²) in [5, 5.41) is 13.7. The minimum Gasteiger partial charge on any atom is -0.491 e. The Kier molecular flexibility index (Phi) is 5.03. The summed E-state index contributed by atoms with van der Waals surface area (Å²) in [6.45, 7) is 3.94. The number of nitrogens with one attached hydrogen (secondary N) is 2. The van der Waals surface area contributed by atoms with Crippen molar-refractivity contribution in [2.24, 2.45) is 0 Å². The molecule has 0 aliphatic rings. The molecule has 0 bridgehead atoms. The number of rotatable bonds is 6. The molecular weight excluding hydrogens is 321 g/mol. The van der Waals surface area contributed by atoms with Gasteiger partial charge in [-0.2, -0.15) is 10.1 Å². The molecule has 0 spiro atoms. The van der Waals surface area contributed by atoms with Crippen LogP contribution in [-0.2, 0) is 0 Å². The highest BCUT2D eigenvalue weighted by Gasteiger charge is 2.05. The van der Waals surface area contributed by atoms with Crippen molar-refractivity contribution in [2.45, 2.75) is 20.0 Å². The number of para-hydroxylation sites is 1. The first-order valence-electron chi connectivity index (χ1n) is 7.85. The normalized spacial score (nSPS) is 10.6. The molecule has 2 N–H and O–H groups in total. The average Bonchev–Trinajstić information content (AvgIpc) is 2.59. The van der Waals surface area contributed by atoms with Crippen molar-refractivity contribution < 1.29 is 9.13 Å². The van der Waals surface area contributed by atoms with Crippen LogP contribution in [0.5, 0.6) is 5.75 Å². The highest BCUT2D eigenvalue weighted by atomic mass is 19.1. The summed E-state index contributed by atoms with van der Waals surface area (Å²) in [4.78, 5) is 4.28. The first kappa shape index (κ1) is 16.6. The van der Waals surface area contributed by atoms with Crippen LogP contribution in [0.4, 0.5) is 27.5 Å². The van der Waals surface area contributed by atoms with Gasteiger partial charge in [0.15, 0.2) is 5.82 Å². The number of benzene rings is 2. The van der Waals surface area contributed by atoms with E-state index in [2.05, 4.69) is 25.8 Å². The predicted molar refractivity (Wildman–Crippen MR) is 95.0 cm³/mol. The van der Waals surface area contributed by atoms with Crippen molar-refractivity contribution in [3.05, 3.63) is 60.5 Å². The number of nitrogens with zero attached hydrogens (tertiary/aromatic N) is 3. The maximum atomic E-state index is 13.7. The monoisotopic (exact) mass is 339 g/mol. The van der Waals surface area contributed by atoms with Gasteiger partial charge in [0.05, 0.1) is 18.0 Å². The van der Waals surface area contributed by atoms with Crippen LogP contribution in [0, 0.1) is 5.82 Å². The van der Waals surface area contributed by atoms with Crippen molar-refractivity contribution in [2.75, 3.05) is 10.6 Å². The van der Waals surface area contributed by atoms with E-state index >= 15 is 0 Å². The quantitative estimate of drug-likeness (QED) is 0.698. The summed E-state index contributed by atoms with van der Waals surface area (Å²) in [6, 6.07) is 13.8. The second-order valence-corrected chi connectivity index (χ2v) is 5.59. The van der Waals surface area contributed by atoms with Crippen LogP contribution in [0.3, 0.4) is 0 Å². The first-order chi connectivity index (χ1) is 12.1. The van der Waals surface area contributed by atoms with E-state index in [4.69, 9.17) is 4.74 Å². The standard InChI is InChI=1S/C18H18FN5O/c1-12(2)25-14-9-7-13(8-10-14)21-18-23-17(11-20-24-18)22-16-6-4-3-5-15(16)19/h3-12H,1-2H3,(H2,21,22,23,24). The van der Waals surface area contributed by atoms with Gasteiger partial charge in [0, 0.05) is 5.69 Å². The van der Waals surface area contributed by atoms with Gasteiger partial charge < -0.3 is 15.4 Å². The minimum atomic E-state index is -0.364. The topological polar surface area (TPSA) is 72.0 Å². The fraction of sp³-hybridized carbons (Fsp3) is 0.167. The summed E-state index contributed by atoms with van der Waals surface area (Å²) >= 11 is 0. The van der Waals surface area contributed by atoms with Crippen LogP contribution in [0.2, 0.25) is 0 Å². The molecule has 1 heterocycles. The molecule has 0 saturated carbocycles. The zero-order valence-electron chi connectivity index (χ0n) is 13.9. The Morgan fingerprint density at radius 3 is 2.48 bits per heavy atom. The molecule has 0 amide bonds. The molecule has 3 rings (SSSR count). The van der Waals surface area contributed by atoms with Crippen molar-refractivity contribution in [1.82, 2.24) is 15.2 Å². The Morgan fingerprint density at radius 2 is 1.76 bits per heavy atom. The molecule has 0 radical (unpaired) electrons. The maximum Gasteiger partial charge on any atom is 0.249 e. The molecule has 2 aromatic carbocycles. The van der Waals surface area contributed by atoms with Crippen LogP contribution < -0.4 is 15.4 Å². The van der Waals surface area contributed by atoms with E-state index in [-0.39, 0.29) is 11.9 Å². The Balaban J connectivity index is 1.70. The van der Waals surface area contributed by atoms with Gasteiger partial charge in [-0.05, 0) is 50.2 Å². The van der Waals surface area contributed by atoms with Gasteiger partial charge in [-0.15, -0.1) is 5.10 Å². The van der Waals surface area contributed by atoms with E-state index in [9.17, 15) is 4.39 Å². The molecular formula is C18H18FN5O. The second kappa shape index (κ2) is 7.57. The smallest absolute Gasteiger partial charge is 0.249 e. The van der Waals surface area contributed by atoms with Gasteiger partial charge >= 0.3 is 0 Å².